The van der Waals surface area contributed by atoms with Gasteiger partial charge in [-0.05, 0) is 37.0 Å². The summed E-state index contributed by atoms with van der Waals surface area (Å²) >= 11 is 6.12. The highest BCUT2D eigenvalue weighted by atomic mass is 35.5. The lowest BCUT2D eigenvalue weighted by molar-refractivity contribution is -0.122. The molecule has 1 aromatic rings. The van der Waals surface area contributed by atoms with Crippen LogP contribution in [-0.2, 0) is 11.2 Å². The van der Waals surface area contributed by atoms with Crippen molar-refractivity contribution in [1.82, 2.24) is 5.32 Å². The monoisotopic (exact) mass is 319 g/mol. The molecule has 0 unspecified atom stereocenters. The summed E-state index contributed by atoms with van der Waals surface area (Å²) in [6.07, 6.45) is 3.34. The highest BCUT2D eigenvalue weighted by Crippen LogP contribution is 2.34. The Labute approximate surface area is 134 Å². The van der Waals surface area contributed by atoms with Crippen molar-refractivity contribution >= 4 is 17.5 Å². The third-order valence-electron chi connectivity index (χ3n) is 3.47. The lowest BCUT2D eigenvalue weighted by atomic mass is 10.1. The lowest BCUT2D eigenvalue weighted by Gasteiger charge is -2.15. The summed E-state index contributed by atoms with van der Waals surface area (Å²) in [5, 5.41) is 12.1. The fraction of sp³-hybridized carbons (Fsp3) is 0.375. The standard InChI is InChI=1S/C16H18ClN3O2/c1-2-7-22-14-4-3-11(8-12(14)17)9-13(19)15(21)20-16(10-18)5-6-16/h2-4,8,13H,1,5-7,9,19H2,(H,20,21)/t13-/m0/s1. The molecule has 0 bridgehead atoms. The molecular weight excluding hydrogens is 302 g/mol. The van der Waals surface area contributed by atoms with E-state index in [1.165, 1.54) is 0 Å². The molecule has 0 saturated heterocycles. The summed E-state index contributed by atoms with van der Waals surface area (Å²) in [5.74, 6) is 0.243. The second-order valence-corrected chi connectivity index (χ2v) is 5.77. The molecule has 1 fully saturated rings. The minimum absolute atomic E-state index is 0.317. The van der Waals surface area contributed by atoms with Gasteiger partial charge < -0.3 is 15.8 Å². The van der Waals surface area contributed by atoms with Crippen LogP contribution in [0.25, 0.3) is 0 Å². The van der Waals surface area contributed by atoms with E-state index in [2.05, 4.69) is 18.0 Å². The Kier molecular flexibility index (Phi) is 5.07. The summed E-state index contributed by atoms with van der Waals surface area (Å²) in [4.78, 5) is 12.0. The van der Waals surface area contributed by atoms with Crippen LogP contribution in [-0.4, -0.2) is 24.1 Å². The molecule has 22 heavy (non-hydrogen) atoms. The molecule has 116 valence electrons. The number of nitrogens with two attached hydrogens (primary N) is 1. The van der Waals surface area contributed by atoms with E-state index in [0.29, 0.717) is 36.6 Å². The Balaban J connectivity index is 1.95. The van der Waals surface area contributed by atoms with E-state index in [1.807, 2.05) is 6.07 Å². The number of hydrogen-bond acceptors (Lipinski definition) is 4. The second kappa shape index (κ2) is 6.82. The van der Waals surface area contributed by atoms with E-state index in [-0.39, 0.29) is 5.91 Å². The number of benzene rings is 1. The third-order valence-corrected chi connectivity index (χ3v) is 3.77. The Hall–Kier alpha value is -2.03. The molecular formula is C16H18ClN3O2. The Bertz CT molecular complexity index is 620. The van der Waals surface area contributed by atoms with Gasteiger partial charge in [0.25, 0.3) is 0 Å². The van der Waals surface area contributed by atoms with Crippen molar-refractivity contribution in [2.45, 2.75) is 30.8 Å². The zero-order valence-corrected chi connectivity index (χ0v) is 12.9. The van der Waals surface area contributed by atoms with E-state index in [9.17, 15) is 4.79 Å². The minimum atomic E-state index is -0.721. The van der Waals surface area contributed by atoms with Crippen molar-refractivity contribution in [3.05, 3.63) is 41.4 Å². The van der Waals surface area contributed by atoms with Crippen LogP contribution < -0.4 is 15.8 Å². The Morgan fingerprint density at radius 3 is 2.91 bits per heavy atom. The number of ether oxygens (including phenoxy) is 1. The second-order valence-electron chi connectivity index (χ2n) is 5.36. The van der Waals surface area contributed by atoms with Gasteiger partial charge in [-0.3, -0.25) is 4.79 Å². The van der Waals surface area contributed by atoms with Crippen molar-refractivity contribution in [3.8, 4) is 11.8 Å². The molecule has 5 nitrogen and oxygen atoms in total. The maximum atomic E-state index is 12.0. The van der Waals surface area contributed by atoms with Gasteiger partial charge in [0.1, 0.15) is 17.9 Å². The SMILES string of the molecule is C=CCOc1ccc(C[C@H](N)C(=O)NC2(C#N)CC2)cc1Cl. The van der Waals surface area contributed by atoms with Gasteiger partial charge in [0.2, 0.25) is 5.91 Å². The van der Waals surface area contributed by atoms with Crippen LogP contribution in [0.3, 0.4) is 0 Å². The average molecular weight is 320 g/mol. The fourth-order valence-corrected chi connectivity index (χ4v) is 2.26. The van der Waals surface area contributed by atoms with E-state index < -0.39 is 11.6 Å². The summed E-state index contributed by atoms with van der Waals surface area (Å²) in [6, 6.07) is 6.66. The van der Waals surface area contributed by atoms with Crippen LogP contribution in [0.2, 0.25) is 5.02 Å². The van der Waals surface area contributed by atoms with Crippen LogP contribution in [0.1, 0.15) is 18.4 Å². The van der Waals surface area contributed by atoms with Crippen LogP contribution in [0, 0.1) is 11.3 Å². The average Bonchev–Trinajstić information content (AvgIpc) is 3.26. The number of halogens is 1. The van der Waals surface area contributed by atoms with E-state index in [1.54, 1.807) is 18.2 Å². The largest absolute Gasteiger partial charge is 0.488 e. The summed E-state index contributed by atoms with van der Waals surface area (Å²) in [5.41, 5.74) is 6.03. The summed E-state index contributed by atoms with van der Waals surface area (Å²) in [7, 11) is 0. The highest BCUT2D eigenvalue weighted by Gasteiger charge is 2.45. The molecule has 1 saturated carbocycles. The van der Waals surface area contributed by atoms with Crippen molar-refractivity contribution in [3.63, 3.8) is 0 Å². The van der Waals surface area contributed by atoms with Crippen molar-refractivity contribution in [2.24, 2.45) is 5.73 Å². The molecule has 0 aliphatic heterocycles. The minimum Gasteiger partial charge on any atom is -0.488 e. The summed E-state index contributed by atoms with van der Waals surface area (Å²) < 4.78 is 5.39. The fourth-order valence-electron chi connectivity index (χ4n) is 2.00. The van der Waals surface area contributed by atoms with Crippen LogP contribution >= 0.6 is 11.6 Å². The topological polar surface area (TPSA) is 88.1 Å². The number of hydrogen-bond donors (Lipinski definition) is 2. The zero-order chi connectivity index (χ0) is 16.2. The van der Waals surface area contributed by atoms with Gasteiger partial charge in [-0.25, -0.2) is 0 Å². The van der Waals surface area contributed by atoms with Gasteiger partial charge in [0.05, 0.1) is 17.1 Å². The van der Waals surface area contributed by atoms with Crippen LogP contribution in [0.4, 0.5) is 0 Å². The molecule has 6 heteroatoms. The number of carbonyl (C=O) groups excluding carboxylic acids is 1. The van der Waals surface area contributed by atoms with Gasteiger partial charge in [-0.1, -0.05) is 30.3 Å². The molecule has 0 aromatic heterocycles. The molecule has 1 atom stereocenters. The predicted octanol–water partition coefficient (Wildman–Crippen LogP) is 1.95. The molecule has 1 aliphatic carbocycles. The number of carbonyl (C=O) groups is 1. The summed E-state index contributed by atoms with van der Waals surface area (Å²) in [6.45, 7) is 3.94. The smallest absolute Gasteiger partial charge is 0.238 e. The lowest BCUT2D eigenvalue weighted by Crippen LogP contribution is -2.47. The number of amides is 1. The number of rotatable bonds is 7. The molecule has 1 aromatic carbocycles. The first-order valence-electron chi connectivity index (χ1n) is 7.00. The van der Waals surface area contributed by atoms with Gasteiger partial charge in [-0.15, -0.1) is 0 Å². The molecule has 1 aliphatic rings. The van der Waals surface area contributed by atoms with E-state index >= 15 is 0 Å². The quantitative estimate of drug-likeness (QED) is 0.752. The van der Waals surface area contributed by atoms with Crippen molar-refractivity contribution < 1.29 is 9.53 Å². The molecule has 1 amide bonds. The third kappa shape index (κ3) is 4.00. The Morgan fingerprint density at radius 2 is 2.36 bits per heavy atom. The molecule has 2 rings (SSSR count). The maximum absolute atomic E-state index is 12.0. The predicted molar refractivity (Wildman–Crippen MR) is 84.5 cm³/mol. The number of nitrogens with one attached hydrogen (secondary N) is 1. The zero-order valence-electron chi connectivity index (χ0n) is 12.1. The van der Waals surface area contributed by atoms with Crippen molar-refractivity contribution in [2.75, 3.05) is 6.61 Å². The van der Waals surface area contributed by atoms with Crippen LogP contribution in [0.5, 0.6) is 5.75 Å². The molecule has 0 radical (unpaired) electrons. The molecule has 0 heterocycles. The highest BCUT2D eigenvalue weighted by molar-refractivity contribution is 6.32. The van der Waals surface area contributed by atoms with Crippen molar-refractivity contribution in [1.29, 1.82) is 5.26 Å². The van der Waals surface area contributed by atoms with Crippen LogP contribution in [0.15, 0.2) is 30.9 Å². The molecule has 0 spiro atoms. The first-order valence-corrected chi connectivity index (χ1v) is 7.38. The number of nitrogens with zero attached hydrogens (tertiary/aromatic N) is 1. The van der Waals surface area contributed by atoms with Gasteiger partial charge in [-0.2, -0.15) is 5.26 Å². The first kappa shape index (κ1) is 16.3. The molecule has 3 N–H and O–H groups in total. The maximum Gasteiger partial charge on any atom is 0.238 e. The van der Waals surface area contributed by atoms with Gasteiger partial charge in [0, 0.05) is 0 Å². The first-order chi connectivity index (χ1) is 10.5. The van der Waals surface area contributed by atoms with E-state index in [0.717, 1.165) is 5.56 Å². The number of nitriles is 1. The van der Waals surface area contributed by atoms with Gasteiger partial charge >= 0.3 is 0 Å². The Morgan fingerprint density at radius 1 is 1.64 bits per heavy atom. The van der Waals surface area contributed by atoms with E-state index in [4.69, 9.17) is 27.3 Å². The van der Waals surface area contributed by atoms with Gasteiger partial charge in [0.15, 0.2) is 0 Å². The normalized spacial score (nSPS) is 16.2.